The average molecular weight is 391 g/mol. The Morgan fingerprint density at radius 1 is 1.07 bits per heavy atom. The van der Waals surface area contributed by atoms with Crippen LogP contribution in [0.2, 0.25) is 0 Å². The minimum atomic E-state index is -0.247. The van der Waals surface area contributed by atoms with Crippen LogP contribution in [0.4, 0.5) is 5.69 Å². The Morgan fingerprint density at radius 2 is 1.83 bits per heavy atom. The molecule has 2 aromatic rings. The number of anilines is 1. The van der Waals surface area contributed by atoms with E-state index in [4.69, 9.17) is 0 Å². The first-order chi connectivity index (χ1) is 14.0. The van der Waals surface area contributed by atoms with Crippen molar-refractivity contribution in [2.45, 2.75) is 44.8 Å². The van der Waals surface area contributed by atoms with Gasteiger partial charge in [-0.3, -0.25) is 14.4 Å². The van der Waals surface area contributed by atoms with Gasteiger partial charge in [0.1, 0.15) is 0 Å². The fraction of sp³-hybridized carbons (Fsp3) is 0.348. The van der Waals surface area contributed by atoms with Gasteiger partial charge >= 0.3 is 0 Å². The van der Waals surface area contributed by atoms with E-state index in [0.717, 1.165) is 18.4 Å². The Bertz CT molecular complexity index is 924. The summed E-state index contributed by atoms with van der Waals surface area (Å²) < 4.78 is 0. The van der Waals surface area contributed by atoms with Gasteiger partial charge in [-0.05, 0) is 43.5 Å². The highest BCUT2D eigenvalue weighted by atomic mass is 16.2. The second kappa shape index (κ2) is 8.07. The number of hydrogen-bond donors (Lipinski definition) is 2. The van der Waals surface area contributed by atoms with Crippen LogP contribution in [-0.2, 0) is 16.1 Å². The van der Waals surface area contributed by atoms with Crippen molar-refractivity contribution in [3.05, 3.63) is 65.7 Å². The zero-order valence-corrected chi connectivity index (χ0v) is 16.4. The van der Waals surface area contributed by atoms with Crippen molar-refractivity contribution in [2.75, 3.05) is 5.32 Å². The van der Waals surface area contributed by atoms with Gasteiger partial charge in [-0.25, -0.2) is 0 Å². The summed E-state index contributed by atoms with van der Waals surface area (Å²) in [5.74, 6) is -0.0848. The van der Waals surface area contributed by atoms with Gasteiger partial charge in [-0.2, -0.15) is 0 Å². The van der Waals surface area contributed by atoms with Crippen LogP contribution in [0.15, 0.2) is 54.6 Å². The highest BCUT2D eigenvalue weighted by Crippen LogP contribution is 2.30. The third kappa shape index (κ3) is 4.47. The lowest BCUT2D eigenvalue weighted by molar-refractivity contribution is -0.129. The summed E-state index contributed by atoms with van der Waals surface area (Å²) in [4.78, 5) is 39.0. The highest BCUT2D eigenvalue weighted by Gasteiger charge is 2.37. The quantitative estimate of drug-likeness (QED) is 0.795. The maximum atomic E-state index is 12.7. The van der Waals surface area contributed by atoms with Gasteiger partial charge in [-0.1, -0.05) is 36.4 Å². The molecule has 4 rings (SSSR count). The molecule has 2 aliphatic rings. The summed E-state index contributed by atoms with van der Waals surface area (Å²) in [7, 11) is 0. The Labute approximate surface area is 170 Å². The number of hydrogen-bond acceptors (Lipinski definition) is 3. The first-order valence-corrected chi connectivity index (χ1v) is 10.1. The lowest BCUT2D eigenvalue weighted by Gasteiger charge is -2.25. The molecule has 0 bridgehead atoms. The molecule has 1 heterocycles. The fourth-order valence-corrected chi connectivity index (χ4v) is 3.68. The lowest BCUT2D eigenvalue weighted by Crippen LogP contribution is -2.43. The van der Waals surface area contributed by atoms with Crippen LogP contribution in [0.25, 0.3) is 0 Å². The molecule has 6 heteroatoms. The minimum absolute atomic E-state index is 0.00845. The zero-order chi connectivity index (χ0) is 20.4. The minimum Gasteiger partial charge on any atom is -0.347 e. The van der Waals surface area contributed by atoms with E-state index in [1.54, 1.807) is 24.3 Å². The molecule has 3 amide bonds. The molecular weight excluding hydrogens is 366 g/mol. The van der Waals surface area contributed by atoms with Crippen molar-refractivity contribution in [1.82, 2.24) is 10.2 Å². The summed E-state index contributed by atoms with van der Waals surface area (Å²) in [6.45, 7) is 2.50. The van der Waals surface area contributed by atoms with Crippen LogP contribution in [0.5, 0.6) is 0 Å². The van der Waals surface area contributed by atoms with E-state index >= 15 is 0 Å². The number of nitrogens with zero attached hydrogens (tertiary/aromatic N) is 1. The number of likely N-dealkylation sites (tertiary alicyclic amines) is 1. The molecule has 1 aliphatic heterocycles. The predicted molar refractivity (Wildman–Crippen MR) is 110 cm³/mol. The monoisotopic (exact) mass is 391 g/mol. The van der Waals surface area contributed by atoms with Gasteiger partial charge in [0, 0.05) is 36.2 Å². The van der Waals surface area contributed by atoms with Gasteiger partial charge in [0.05, 0.1) is 6.04 Å². The maximum Gasteiger partial charge on any atom is 0.251 e. The van der Waals surface area contributed by atoms with E-state index in [9.17, 15) is 14.4 Å². The van der Waals surface area contributed by atoms with E-state index in [0.29, 0.717) is 17.8 Å². The highest BCUT2D eigenvalue weighted by molar-refractivity contribution is 5.98. The first-order valence-electron chi connectivity index (χ1n) is 10.1. The molecule has 2 aromatic carbocycles. The SMILES string of the molecule is C[C@H]1[C@@H](NC(=O)c2cccc(NC(=O)C3CC3)c2)CC(=O)N1Cc1ccccc1. The summed E-state index contributed by atoms with van der Waals surface area (Å²) in [6.07, 6.45) is 2.15. The van der Waals surface area contributed by atoms with Gasteiger partial charge in [0.15, 0.2) is 0 Å². The zero-order valence-electron chi connectivity index (χ0n) is 16.4. The average Bonchev–Trinajstić information content (AvgIpc) is 3.54. The number of carbonyl (C=O) groups is 3. The van der Waals surface area contributed by atoms with Crippen LogP contribution in [-0.4, -0.2) is 34.7 Å². The topological polar surface area (TPSA) is 78.5 Å². The van der Waals surface area contributed by atoms with Crippen LogP contribution < -0.4 is 10.6 Å². The molecule has 1 aliphatic carbocycles. The van der Waals surface area contributed by atoms with Crippen molar-refractivity contribution in [2.24, 2.45) is 5.92 Å². The largest absolute Gasteiger partial charge is 0.347 e. The van der Waals surface area contributed by atoms with Crippen molar-refractivity contribution >= 4 is 23.4 Å². The summed E-state index contributed by atoms with van der Waals surface area (Å²) in [5.41, 5.74) is 2.16. The molecule has 0 radical (unpaired) electrons. The second-order valence-corrected chi connectivity index (χ2v) is 7.88. The number of amides is 3. The van der Waals surface area contributed by atoms with Crippen LogP contribution in [0.3, 0.4) is 0 Å². The second-order valence-electron chi connectivity index (χ2n) is 7.88. The molecule has 2 atom stereocenters. The van der Waals surface area contributed by atoms with Crippen molar-refractivity contribution in [3.8, 4) is 0 Å². The van der Waals surface area contributed by atoms with Crippen molar-refractivity contribution in [3.63, 3.8) is 0 Å². The number of benzene rings is 2. The number of nitrogens with one attached hydrogen (secondary N) is 2. The van der Waals surface area contributed by atoms with Crippen molar-refractivity contribution in [1.29, 1.82) is 0 Å². The summed E-state index contributed by atoms with van der Waals surface area (Å²) >= 11 is 0. The van der Waals surface area contributed by atoms with Gasteiger partial charge in [-0.15, -0.1) is 0 Å². The van der Waals surface area contributed by atoms with Gasteiger partial charge < -0.3 is 15.5 Å². The van der Waals surface area contributed by atoms with Crippen molar-refractivity contribution < 1.29 is 14.4 Å². The summed E-state index contributed by atoms with van der Waals surface area (Å²) in [6, 6.07) is 16.4. The molecule has 1 saturated carbocycles. The Hall–Kier alpha value is -3.15. The third-order valence-electron chi connectivity index (χ3n) is 5.64. The molecule has 6 nitrogen and oxygen atoms in total. The Balaban J connectivity index is 1.39. The van der Waals surface area contributed by atoms with E-state index in [2.05, 4.69) is 10.6 Å². The Kier molecular flexibility index (Phi) is 5.34. The van der Waals surface area contributed by atoms with Gasteiger partial charge in [0.25, 0.3) is 5.91 Å². The molecule has 150 valence electrons. The molecule has 0 aromatic heterocycles. The summed E-state index contributed by atoms with van der Waals surface area (Å²) in [5, 5.41) is 5.85. The van der Waals surface area contributed by atoms with E-state index in [1.807, 2.05) is 42.2 Å². The molecule has 2 N–H and O–H groups in total. The van der Waals surface area contributed by atoms with E-state index < -0.39 is 0 Å². The maximum absolute atomic E-state index is 12.7. The van der Waals surface area contributed by atoms with Crippen LogP contribution >= 0.6 is 0 Å². The lowest BCUT2D eigenvalue weighted by atomic mass is 10.1. The first kappa shape index (κ1) is 19.2. The molecule has 0 unspecified atom stereocenters. The molecular formula is C23H25N3O3. The molecule has 2 fully saturated rings. The third-order valence-corrected chi connectivity index (χ3v) is 5.64. The molecule has 29 heavy (non-hydrogen) atoms. The smallest absolute Gasteiger partial charge is 0.251 e. The number of rotatable bonds is 6. The fourth-order valence-electron chi connectivity index (χ4n) is 3.68. The van der Waals surface area contributed by atoms with Crippen LogP contribution in [0.1, 0.15) is 42.1 Å². The van der Waals surface area contributed by atoms with Crippen LogP contribution in [0, 0.1) is 5.92 Å². The van der Waals surface area contributed by atoms with Gasteiger partial charge in [0.2, 0.25) is 11.8 Å². The van der Waals surface area contributed by atoms with E-state index in [1.165, 1.54) is 0 Å². The normalized spacial score (nSPS) is 21.1. The van der Waals surface area contributed by atoms with E-state index in [-0.39, 0.29) is 42.1 Å². The standard InChI is InChI=1S/C23H25N3O3/c1-15-20(13-21(27)26(15)14-16-6-3-2-4-7-16)25-23(29)18-8-5-9-19(12-18)24-22(28)17-10-11-17/h2-9,12,15,17,20H,10-11,13-14H2,1H3,(H,24,28)(H,25,29)/t15-,20-/m0/s1. The predicted octanol–water partition coefficient (Wildman–Crippen LogP) is 2.95. The number of carbonyl (C=O) groups excluding carboxylic acids is 3. The Morgan fingerprint density at radius 3 is 2.55 bits per heavy atom. The molecule has 1 saturated heterocycles. The molecule has 0 spiro atoms.